The normalized spacial score (nSPS) is 35.0. The van der Waals surface area contributed by atoms with E-state index in [0.717, 1.165) is 68.5 Å². The Morgan fingerprint density at radius 1 is 0.824 bits per heavy atom. The Kier molecular flexibility index (Phi) is 6.17. The van der Waals surface area contributed by atoms with Gasteiger partial charge < -0.3 is 10.2 Å². The van der Waals surface area contributed by atoms with E-state index in [9.17, 15) is 9.59 Å². The number of carbonyl (C=O) groups is 2. The molecule has 1 atom stereocenters. The Morgan fingerprint density at radius 3 is 2.09 bits per heavy atom. The van der Waals surface area contributed by atoms with Gasteiger partial charge in [0.1, 0.15) is 6.04 Å². The van der Waals surface area contributed by atoms with Crippen LogP contribution in [0.25, 0.3) is 0 Å². The van der Waals surface area contributed by atoms with Crippen molar-refractivity contribution in [3.05, 3.63) is 35.4 Å². The molecule has 2 saturated heterocycles. The van der Waals surface area contributed by atoms with E-state index < -0.39 is 0 Å². The van der Waals surface area contributed by atoms with E-state index in [4.69, 9.17) is 0 Å². The second-order valence-corrected chi connectivity index (χ2v) is 12.2. The van der Waals surface area contributed by atoms with Crippen LogP contribution in [0.3, 0.4) is 0 Å². The van der Waals surface area contributed by atoms with Crippen LogP contribution in [-0.2, 0) is 22.7 Å². The van der Waals surface area contributed by atoms with Crippen LogP contribution >= 0.6 is 0 Å². The van der Waals surface area contributed by atoms with Crippen molar-refractivity contribution in [2.45, 2.75) is 89.8 Å². The van der Waals surface area contributed by atoms with Crippen LogP contribution in [0.2, 0.25) is 0 Å². The summed E-state index contributed by atoms with van der Waals surface area (Å²) in [6.45, 7) is 4.73. The molecule has 2 amide bonds. The minimum atomic E-state index is -0.279. The summed E-state index contributed by atoms with van der Waals surface area (Å²) in [5.41, 5.74) is 2.33. The Hall–Kier alpha value is -1.88. The lowest BCUT2D eigenvalue weighted by molar-refractivity contribution is -0.160. The van der Waals surface area contributed by atoms with Crippen molar-refractivity contribution in [3.8, 4) is 0 Å². The summed E-state index contributed by atoms with van der Waals surface area (Å²) in [4.78, 5) is 31.5. The smallest absolute Gasteiger partial charge is 0.243 e. The molecule has 5 nitrogen and oxygen atoms in total. The Labute approximate surface area is 204 Å². The van der Waals surface area contributed by atoms with Gasteiger partial charge in [-0.25, -0.2) is 0 Å². The molecule has 0 radical (unpaired) electrons. The number of benzene rings is 1. The molecule has 4 saturated carbocycles. The summed E-state index contributed by atoms with van der Waals surface area (Å²) >= 11 is 0. The fourth-order valence-corrected chi connectivity index (χ4v) is 8.40. The van der Waals surface area contributed by atoms with Gasteiger partial charge in [-0.1, -0.05) is 30.7 Å². The molecule has 2 aliphatic heterocycles. The maximum absolute atomic E-state index is 13.8. The van der Waals surface area contributed by atoms with Gasteiger partial charge in [0.05, 0.1) is 5.41 Å². The van der Waals surface area contributed by atoms with Crippen molar-refractivity contribution in [1.82, 2.24) is 15.1 Å². The van der Waals surface area contributed by atoms with Crippen molar-refractivity contribution in [3.63, 3.8) is 0 Å². The molecule has 1 N–H and O–H groups in total. The molecule has 6 aliphatic rings. The second-order valence-electron chi connectivity index (χ2n) is 12.2. The molecule has 2 heterocycles. The van der Waals surface area contributed by atoms with Crippen molar-refractivity contribution < 1.29 is 9.59 Å². The Balaban J connectivity index is 1.05. The van der Waals surface area contributed by atoms with Crippen LogP contribution in [-0.4, -0.2) is 47.3 Å². The van der Waals surface area contributed by atoms with Gasteiger partial charge in [-0.05, 0) is 106 Å². The van der Waals surface area contributed by atoms with Gasteiger partial charge in [0.25, 0.3) is 0 Å². The number of rotatable bonds is 6. The summed E-state index contributed by atoms with van der Waals surface area (Å²) in [5, 5.41) is 3.16. The molecule has 1 aromatic rings. The minimum Gasteiger partial charge on any atom is -0.350 e. The minimum absolute atomic E-state index is 0.0352. The van der Waals surface area contributed by atoms with Gasteiger partial charge in [-0.15, -0.1) is 0 Å². The average molecular weight is 464 g/mol. The molecule has 4 aliphatic carbocycles. The number of carbonyl (C=O) groups excluding carboxylic acids is 2. The maximum atomic E-state index is 13.8. The van der Waals surface area contributed by atoms with E-state index in [1.54, 1.807) is 0 Å². The molecule has 184 valence electrons. The largest absolute Gasteiger partial charge is 0.350 e. The Morgan fingerprint density at radius 2 is 1.44 bits per heavy atom. The fourth-order valence-electron chi connectivity index (χ4n) is 8.40. The highest BCUT2D eigenvalue weighted by Gasteiger charge is 2.56. The van der Waals surface area contributed by atoms with Crippen molar-refractivity contribution in [1.29, 1.82) is 0 Å². The third-order valence-electron chi connectivity index (χ3n) is 9.65. The average Bonchev–Trinajstić information content (AvgIpc) is 3.33. The number of hydrogen-bond donors (Lipinski definition) is 1. The first-order chi connectivity index (χ1) is 16.6. The van der Waals surface area contributed by atoms with Gasteiger partial charge in [-0.3, -0.25) is 14.5 Å². The summed E-state index contributed by atoms with van der Waals surface area (Å²) < 4.78 is 0. The number of hydrogen-bond acceptors (Lipinski definition) is 3. The van der Waals surface area contributed by atoms with Crippen LogP contribution in [0.4, 0.5) is 0 Å². The van der Waals surface area contributed by atoms with Gasteiger partial charge in [0, 0.05) is 19.6 Å². The van der Waals surface area contributed by atoms with Gasteiger partial charge in [0.15, 0.2) is 0 Å². The van der Waals surface area contributed by atoms with Crippen LogP contribution in [0.5, 0.6) is 0 Å². The third kappa shape index (κ3) is 4.41. The van der Waals surface area contributed by atoms with Crippen molar-refractivity contribution >= 4 is 11.8 Å². The summed E-state index contributed by atoms with van der Waals surface area (Å²) in [7, 11) is 0. The lowest BCUT2D eigenvalue weighted by Crippen LogP contribution is -2.57. The highest BCUT2D eigenvalue weighted by molar-refractivity contribution is 5.91. The molecule has 0 unspecified atom stereocenters. The molecular formula is C29H41N3O2. The highest BCUT2D eigenvalue weighted by atomic mass is 16.2. The monoisotopic (exact) mass is 463 g/mol. The van der Waals surface area contributed by atoms with E-state index in [1.807, 2.05) is 4.90 Å². The standard InChI is InChI=1S/C29H41N3O2/c33-27(30-19-21-6-8-22(9-7-21)20-31-10-2-1-3-11-31)26-5-4-12-32(26)28(34)29-16-23-13-24(17-29)15-25(14-23)18-29/h6-9,23-26H,1-5,10-20H2,(H,30,33)/t23?,24?,25?,26-,29?/m1/s1. The number of nitrogens with one attached hydrogen (secondary N) is 1. The zero-order valence-electron chi connectivity index (χ0n) is 20.6. The van der Waals surface area contributed by atoms with E-state index in [0.29, 0.717) is 12.5 Å². The van der Waals surface area contributed by atoms with Gasteiger partial charge >= 0.3 is 0 Å². The SMILES string of the molecule is O=C(NCc1ccc(CN2CCCCC2)cc1)[C@H]1CCCN1C(=O)C12CC3CC(CC(C3)C1)C2. The van der Waals surface area contributed by atoms with Crippen LogP contribution in [0.1, 0.15) is 81.8 Å². The van der Waals surface area contributed by atoms with E-state index in [2.05, 4.69) is 34.5 Å². The zero-order chi connectivity index (χ0) is 23.1. The molecule has 1 aromatic carbocycles. The molecule has 7 rings (SSSR count). The zero-order valence-corrected chi connectivity index (χ0v) is 20.6. The molecular weight excluding hydrogens is 422 g/mol. The van der Waals surface area contributed by atoms with Crippen molar-refractivity contribution in [2.75, 3.05) is 19.6 Å². The lowest BCUT2D eigenvalue weighted by atomic mass is 9.49. The van der Waals surface area contributed by atoms with Crippen LogP contribution < -0.4 is 5.32 Å². The number of nitrogens with zero attached hydrogens (tertiary/aromatic N) is 2. The molecule has 34 heavy (non-hydrogen) atoms. The third-order valence-corrected chi connectivity index (χ3v) is 9.65. The number of piperidine rings is 1. The van der Waals surface area contributed by atoms with E-state index in [-0.39, 0.29) is 17.4 Å². The number of likely N-dealkylation sites (tertiary alicyclic amines) is 2. The molecule has 4 bridgehead atoms. The summed E-state index contributed by atoms with van der Waals surface area (Å²) in [6.07, 6.45) is 13.0. The quantitative estimate of drug-likeness (QED) is 0.676. The molecule has 6 fully saturated rings. The number of amides is 2. The lowest BCUT2D eigenvalue weighted by Gasteiger charge is -2.56. The maximum Gasteiger partial charge on any atom is 0.243 e. The highest BCUT2D eigenvalue weighted by Crippen LogP contribution is 2.60. The second kappa shape index (κ2) is 9.29. The first-order valence-corrected chi connectivity index (χ1v) is 14.0. The topological polar surface area (TPSA) is 52.7 Å². The predicted octanol–water partition coefficient (Wildman–Crippen LogP) is 4.50. The Bertz CT molecular complexity index is 869. The summed E-state index contributed by atoms with van der Waals surface area (Å²) in [6, 6.07) is 8.42. The summed E-state index contributed by atoms with van der Waals surface area (Å²) in [5.74, 6) is 2.60. The molecule has 0 spiro atoms. The molecule has 5 heteroatoms. The van der Waals surface area contributed by atoms with Gasteiger partial charge in [0.2, 0.25) is 11.8 Å². The fraction of sp³-hybridized carbons (Fsp3) is 0.724. The van der Waals surface area contributed by atoms with Crippen LogP contribution in [0.15, 0.2) is 24.3 Å². The van der Waals surface area contributed by atoms with Crippen LogP contribution in [0, 0.1) is 23.2 Å². The van der Waals surface area contributed by atoms with E-state index in [1.165, 1.54) is 57.2 Å². The predicted molar refractivity (Wildman–Crippen MR) is 133 cm³/mol. The van der Waals surface area contributed by atoms with E-state index >= 15 is 0 Å². The molecule has 0 aromatic heterocycles. The first-order valence-electron chi connectivity index (χ1n) is 14.0. The van der Waals surface area contributed by atoms with Gasteiger partial charge in [-0.2, -0.15) is 0 Å². The van der Waals surface area contributed by atoms with Crippen molar-refractivity contribution in [2.24, 2.45) is 23.2 Å². The first kappa shape index (κ1) is 22.6.